The number of carbonyl (C=O) groups is 1. The molecule has 17 heavy (non-hydrogen) atoms. The quantitative estimate of drug-likeness (QED) is 0.550. The Balaban J connectivity index is 2.85. The number of rotatable bonds is 5. The van der Waals surface area contributed by atoms with Crippen LogP contribution in [0.4, 0.5) is 5.69 Å². The van der Waals surface area contributed by atoms with Crippen LogP contribution in [-0.2, 0) is 4.79 Å². The normalized spacial score (nSPS) is 14.1. The summed E-state index contributed by atoms with van der Waals surface area (Å²) in [5.41, 5.74) is 6.01. The van der Waals surface area contributed by atoms with Crippen molar-refractivity contribution in [3.05, 3.63) is 17.8 Å². The molecule has 5 N–H and O–H groups in total. The Kier molecular flexibility index (Phi) is 4.24. The van der Waals surface area contributed by atoms with Gasteiger partial charge in [0.1, 0.15) is 6.10 Å². The summed E-state index contributed by atoms with van der Waals surface area (Å²) in [5, 5.41) is 27.6. The lowest BCUT2D eigenvalue weighted by Gasteiger charge is -2.16. The molecule has 94 valence electrons. The van der Waals surface area contributed by atoms with Crippen molar-refractivity contribution in [2.24, 2.45) is 0 Å². The highest BCUT2D eigenvalue weighted by atomic mass is 16.5. The van der Waals surface area contributed by atoms with Gasteiger partial charge in [-0.15, -0.1) is 0 Å². The smallest absolute Gasteiger partial charge is 0.306 e. The molecule has 0 radical (unpaired) electrons. The number of hydrogen-bond donors (Lipinski definition) is 4. The molecule has 0 saturated carbocycles. The molecule has 0 aliphatic heterocycles. The van der Waals surface area contributed by atoms with E-state index in [1.807, 2.05) is 0 Å². The van der Waals surface area contributed by atoms with Crippen LogP contribution in [-0.4, -0.2) is 39.5 Å². The zero-order valence-electron chi connectivity index (χ0n) is 9.20. The minimum atomic E-state index is -1.41. The number of carboxylic acid groups (broad SMARTS) is 1. The molecule has 7 nitrogen and oxygen atoms in total. The number of nitrogen functional groups attached to an aromatic ring is 1. The summed E-state index contributed by atoms with van der Waals surface area (Å²) in [6, 6.07) is 1.38. The maximum absolute atomic E-state index is 10.4. The molecular formula is C10H14N2O5. The van der Waals surface area contributed by atoms with Crippen molar-refractivity contribution in [2.45, 2.75) is 18.6 Å². The standard InChI is InChI=1S/C10H14N2O5/c1-17-10-6(11)2-5(4-12-10)9(16)7(13)3-8(14)15/h2,4,7,9,13,16H,3,11H2,1H3,(H,14,15). The zero-order chi connectivity index (χ0) is 13.0. The van der Waals surface area contributed by atoms with Crippen LogP contribution < -0.4 is 10.5 Å². The minimum Gasteiger partial charge on any atom is -0.481 e. The first-order chi connectivity index (χ1) is 7.95. The van der Waals surface area contributed by atoms with Crippen LogP contribution in [0.3, 0.4) is 0 Å². The summed E-state index contributed by atoms with van der Waals surface area (Å²) in [7, 11) is 1.40. The Hall–Kier alpha value is -1.86. The summed E-state index contributed by atoms with van der Waals surface area (Å²) < 4.78 is 4.83. The van der Waals surface area contributed by atoms with Gasteiger partial charge in [-0.2, -0.15) is 0 Å². The fourth-order valence-corrected chi connectivity index (χ4v) is 1.33. The summed E-state index contributed by atoms with van der Waals surface area (Å²) in [5.74, 6) is -1.00. The van der Waals surface area contributed by atoms with Crippen molar-refractivity contribution in [3.8, 4) is 5.88 Å². The largest absolute Gasteiger partial charge is 0.481 e. The fraction of sp³-hybridized carbons (Fsp3) is 0.400. The third-order valence-corrected chi connectivity index (χ3v) is 2.18. The predicted molar refractivity (Wildman–Crippen MR) is 58.4 cm³/mol. The molecule has 1 rings (SSSR count). The average Bonchev–Trinajstić information content (AvgIpc) is 2.27. The van der Waals surface area contributed by atoms with Crippen molar-refractivity contribution in [1.29, 1.82) is 0 Å². The summed E-state index contributed by atoms with van der Waals surface area (Å²) in [6.07, 6.45) is -2.06. The van der Waals surface area contributed by atoms with Crippen molar-refractivity contribution < 1.29 is 24.9 Å². The number of aliphatic hydroxyl groups is 2. The van der Waals surface area contributed by atoms with E-state index in [0.29, 0.717) is 0 Å². The van der Waals surface area contributed by atoms with Crippen molar-refractivity contribution in [3.63, 3.8) is 0 Å². The highest BCUT2D eigenvalue weighted by Gasteiger charge is 2.22. The van der Waals surface area contributed by atoms with E-state index < -0.39 is 24.6 Å². The number of aliphatic carboxylic acids is 1. The van der Waals surface area contributed by atoms with Crippen LogP contribution >= 0.6 is 0 Å². The lowest BCUT2D eigenvalue weighted by atomic mass is 10.0. The number of methoxy groups -OCH3 is 1. The Morgan fingerprint density at radius 3 is 2.71 bits per heavy atom. The molecule has 0 fully saturated rings. The van der Waals surface area contributed by atoms with Crippen LogP contribution in [0.2, 0.25) is 0 Å². The highest BCUT2D eigenvalue weighted by molar-refractivity contribution is 5.67. The summed E-state index contributed by atoms with van der Waals surface area (Å²) in [6.45, 7) is 0. The number of carboxylic acids is 1. The number of ether oxygens (including phenoxy) is 1. The third-order valence-electron chi connectivity index (χ3n) is 2.18. The second kappa shape index (κ2) is 5.46. The molecule has 0 aromatic carbocycles. The number of aromatic nitrogens is 1. The topological polar surface area (TPSA) is 126 Å². The molecule has 2 atom stereocenters. The van der Waals surface area contributed by atoms with Gasteiger partial charge in [-0.05, 0) is 6.07 Å². The summed E-state index contributed by atoms with van der Waals surface area (Å²) in [4.78, 5) is 14.2. The first-order valence-electron chi connectivity index (χ1n) is 4.83. The maximum atomic E-state index is 10.4. The lowest BCUT2D eigenvalue weighted by Crippen LogP contribution is -2.22. The van der Waals surface area contributed by atoms with E-state index in [1.165, 1.54) is 19.4 Å². The van der Waals surface area contributed by atoms with Gasteiger partial charge < -0.3 is 25.8 Å². The highest BCUT2D eigenvalue weighted by Crippen LogP contribution is 2.24. The van der Waals surface area contributed by atoms with Gasteiger partial charge in [0.25, 0.3) is 0 Å². The molecule has 1 aromatic heterocycles. The molecule has 0 bridgehead atoms. The van der Waals surface area contributed by atoms with E-state index in [9.17, 15) is 15.0 Å². The zero-order valence-corrected chi connectivity index (χ0v) is 9.20. The van der Waals surface area contributed by atoms with E-state index in [1.54, 1.807) is 0 Å². The molecule has 7 heteroatoms. The number of pyridine rings is 1. The Bertz CT molecular complexity index is 410. The van der Waals surface area contributed by atoms with E-state index in [-0.39, 0.29) is 17.1 Å². The Morgan fingerprint density at radius 2 is 2.24 bits per heavy atom. The number of anilines is 1. The number of nitrogens with zero attached hydrogens (tertiary/aromatic N) is 1. The van der Waals surface area contributed by atoms with Crippen LogP contribution in [0.15, 0.2) is 12.3 Å². The van der Waals surface area contributed by atoms with Gasteiger partial charge in [0.05, 0.1) is 25.3 Å². The van der Waals surface area contributed by atoms with E-state index in [0.717, 1.165) is 0 Å². The molecule has 0 aliphatic rings. The van der Waals surface area contributed by atoms with E-state index >= 15 is 0 Å². The van der Waals surface area contributed by atoms with Crippen LogP contribution in [0.5, 0.6) is 5.88 Å². The van der Waals surface area contributed by atoms with Crippen LogP contribution in [0.25, 0.3) is 0 Å². The molecular weight excluding hydrogens is 228 g/mol. The van der Waals surface area contributed by atoms with Crippen molar-refractivity contribution in [2.75, 3.05) is 12.8 Å². The van der Waals surface area contributed by atoms with E-state index in [4.69, 9.17) is 15.6 Å². The number of nitrogens with two attached hydrogens (primary N) is 1. The molecule has 0 spiro atoms. The second-order valence-corrected chi connectivity index (χ2v) is 3.48. The summed E-state index contributed by atoms with van der Waals surface area (Å²) >= 11 is 0. The van der Waals surface area contributed by atoms with Crippen LogP contribution in [0.1, 0.15) is 18.1 Å². The molecule has 1 heterocycles. The second-order valence-electron chi connectivity index (χ2n) is 3.48. The monoisotopic (exact) mass is 242 g/mol. The predicted octanol–water partition coefficient (Wildman–Crippen LogP) is -0.459. The third kappa shape index (κ3) is 3.30. The van der Waals surface area contributed by atoms with Gasteiger partial charge in [0, 0.05) is 11.8 Å². The molecule has 2 unspecified atom stereocenters. The van der Waals surface area contributed by atoms with Gasteiger partial charge in [-0.25, -0.2) is 4.98 Å². The van der Waals surface area contributed by atoms with Crippen molar-refractivity contribution in [1.82, 2.24) is 4.98 Å². The van der Waals surface area contributed by atoms with Crippen LogP contribution in [0, 0.1) is 0 Å². The molecule has 0 aliphatic carbocycles. The maximum Gasteiger partial charge on any atom is 0.306 e. The number of aliphatic hydroxyl groups excluding tert-OH is 2. The van der Waals surface area contributed by atoms with Gasteiger partial charge in [-0.3, -0.25) is 4.79 Å². The average molecular weight is 242 g/mol. The first kappa shape index (κ1) is 13.2. The van der Waals surface area contributed by atoms with Gasteiger partial charge in [0.2, 0.25) is 5.88 Å². The minimum absolute atomic E-state index is 0.201. The van der Waals surface area contributed by atoms with E-state index in [2.05, 4.69) is 4.98 Å². The van der Waals surface area contributed by atoms with Gasteiger partial charge in [0.15, 0.2) is 0 Å². The molecule has 1 aromatic rings. The molecule has 0 amide bonds. The Morgan fingerprint density at radius 1 is 1.59 bits per heavy atom. The molecule has 0 saturated heterocycles. The SMILES string of the molecule is COc1ncc(C(O)C(O)CC(=O)O)cc1N. The fourth-order valence-electron chi connectivity index (χ4n) is 1.33. The first-order valence-corrected chi connectivity index (χ1v) is 4.83. The Labute approximate surface area is 97.5 Å². The van der Waals surface area contributed by atoms with Crippen molar-refractivity contribution >= 4 is 11.7 Å². The van der Waals surface area contributed by atoms with Gasteiger partial charge in [-0.1, -0.05) is 0 Å². The van der Waals surface area contributed by atoms with Gasteiger partial charge >= 0.3 is 5.97 Å². The number of hydrogen-bond acceptors (Lipinski definition) is 6. The lowest BCUT2D eigenvalue weighted by molar-refractivity contribution is -0.141.